The number of carbonyl (C=O) groups excluding carboxylic acids is 1. The molecule has 6 nitrogen and oxygen atoms in total. The van der Waals surface area contributed by atoms with Crippen LogP contribution in [-0.4, -0.2) is 17.4 Å². The molecule has 0 saturated carbocycles. The van der Waals surface area contributed by atoms with E-state index in [1.165, 1.54) is 24.3 Å². The van der Waals surface area contributed by atoms with Gasteiger partial charge in [0.25, 0.3) is 0 Å². The van der Waals surface area contributed by atoms with Crippen molar-refractivity contribution >= 4 is 17.9 Å². The lowest BCUT2D eigenvalue weighted by atomic mass is 10.1. The fraction of sp³-hybridized carbons (Fsp3) is 0.417. The molecule has 0 spiro atoms. The minimum absolute atomic E-state index is 0.241. The van der Waals surface area contributed by atoms with Crippen molar-refractivity contribution in [2.24, 2.45) is 5.92 Å². The molecule has 0 saturated heterocycles. The van der Waals surface area contributed by atoms with Crippen LogP contribution >= 0.6 is 0 Å². The third kappa shape index (κ3) is 4.82. The molecule has 1 aromatic heterocycles. The zero-order valence-electron chi connectivity index (χ0n) is 10.4. The number of carbonyl (C=O) groups is 1. The number of hydrogen-bond donors (Lipinski definition) is 1. The molecule has 0 radical (unpaired) electrons. The zero-order valence-corrected chi connectivity index (χ0v) is 10.4. The van der Waals surface area contributed by atoms with Crippen LogP contribution in [0.4, 0.5) is 5.88 Å². The first-order valence-electron chi connectivity index (χ1n) is 5.69. The van der Waals surface area contributed by atoms with Crippen molar-refractivity contribution in [3.8, 4) is 0 Å². The molecule has 0 bridgehead atoms. The molecule has 1 rings (SSSR count). The summed E-state index contributed by atoms with van der Waals surface area (Å²) in [6.07, 6.45) is 3.60. The van der Waals surface area contributed by atoms with Crippen LogP contribution in [0, 0.1) is 16.0 Å². The van der Waals surface area contributed by atoms with Gasteiger partial charge in [-0.2, -0.15) is 0 Å². The molecule has 1 N–H and O–H groups in total. The van der Waals surface area contributed by atoms with Gasteiger partial charge in [-0.1, -0.05) is 13.8 Å². The van der Waals surface area contributed by atoms with Crippen molar-refractivity contribution in [3.05, 3.63) is 34.1 Å². The molecule has 18 heavy (non-hydrogen) atoms. The van der Waals surface area contributed by atoms with Crippen LogP contribution in [0.2, 0.25) is 0 Å². The second-order valence-electron chi connectivity index (χ2n) is 4.24. The minimum Gasteiger partial charge on any atom is -0.401 e. The van der Waals surface area contributed by atoms with Gasteiger partial charge in [0, 0.05) is 12.6 Å². The van der Waals surface area contributed by atoms with E-state index in [2.05, 4.69) is 19.2 Å². The number of nitrogens with one attached hydrogen (secondary N) is 1. The molecule has 0 aliphatic carbocycles. The van der Waals surface area contributed by atoms with E-state index in [0.29, 0.717) is 12.5 Å². The van der Waals surface area contributed by atoms with Crippen LogP contribution in [-0.2, 0) is 4.79 Å². The molecule has 0 aromatic carbocycles. The summed E-state index contributed by atoms with van der Waals surface area (Å²) in [5.74, 6) is 0.229. The number of furan rings is 1. The number of hydrogen-bond acceptors (Lipinski definition) is 4. The lowest BCUT2D eigenvalue weighted by molar-refractivity contribution is -0.402. The van der Waals surface area contributed by atoms with Crippen LogP contribution in [0.25, 0.3) is 6.08 Å². The Kier molecular flexibility index (Phi) is 5.10. The van der Waals surface area contributed by atoms with Gasteiger partial charge in [-0.15, -0.1) is 0 Å². The topological polar surface area (TPSA) is 85.4 Å². The van der Waals surface area contributed by atoms with Crippen molar-refractivity contribution in [3.63, 3.8) is 0 Å². The fourth-order valence-corrected chi connectivity index (χ4v) is 1.23. The van der Waals surface area contributed by atoms with Crippen LogP contribution in [0.3, 0.4) is 0 Å². The van der Waals surface area contributed by atoms with Crippen LogP contribution in [0.5, 0.6) is 0 Å². The summed E-state index contributed by atoms with van der Waals surface area (Å²) in [5.41, 5.74) is 0. The highest BCUT2D eigenvalue weighted by atomic mass is 16.6. The van der Waals surface area contributed by atoms with E-state index in [9.17, 15) is 14.9 Å². The Morgan fingerprint density at radius 3 is 2.83 bits per heavy atom. The van der Waals surface area contributed by atoms with Gasteiger partial charge >= 0.3 is 5.88 Å². The summed E-state index contributed by atoms with van der Waals surface area (Å²) in [7, 11) is 0. The highest BCUT2D eigenvalue weighted by Crippen LogP contribution is 2.16. The van der Waals surface area contributed by atoms with Crippen LogP contribution in [0.1, 0.15) is 26.0 Å². The Morgan fingerprint density at radius 2 is 2.28 bits per heavy atom. The number of nitrogens with zero attached hydrogens (tertiary/aromatic N) is 1. The second kappa shape index (κ2) is 6.58. The van der Waals surface area contributed by atoms with Gasteiger partial charge in [-0.25, -0.2) is 0 Å². The van der Waals surface area contributed by atoms with Crippen molar-refractivity contribution < 1.29 is 14.1 Å². The maximum absolute atomic E-state index is 11.4. The summed E-state index contributed by atoms with van der Waals surface area (Å²) in [4.78, 5) is 21.1. The summed E-state index contributed by atoms with van der Waals surface area (Å²) in [6, 6.07) is 2.69. The monoisotopic (exact) mass is 252 g/mol. The number of amides is 1. The first-order valence-corrected chi connectivity index (χ1v) is 5.69. The van der Waals surface area contributed by atoms with Crippen LogP contribution in [0.15, 0.2) is 22.6 Å². The number of nitro groups is 1. The fourth-order valence-electron chi connectivity index (χ4n) is 1.23. The van der Waals surface area contributed by atoms with Crippen molar-refractivity contribution in [1.82, 2.24) is 5.32 Å². The third-order valence-corrected chi connectivity index (χ3v) is 2.21. The Bertz CT molecular complexity index is 449. The van der Waals surface area contributed by atoms with Crippen molar-refractivity contribution in [2.75, 3.05) is 6.54 Å². The maximum atomic E-state index is 11.4. The van der Waals surface area contributed by atoms with E-state index in [-0.39, 0.29) is 17.6 Å². The summed E-state index contributed by atoms with van der Waals surface area (Å²) in [6.45, 7) is 4.76. The summed E-state index contributed by atoms with van der Waals surface area (Å²) in [5, 5.41) is 13.1. The maximum Gasteiger partial charge on any atom is 0.433 e. The van der Waals surface area contributed by atoms with E-state index >= 15 is 0 Å². The molecule has 98 valence electrons. The van der Waals surface area contributed by atoms with E-state index in [1.54, 1.807) is 0 Å². The van der Waals surface area contributed by atoms with Gasteiger partial charge in [-0.3, -0.25) is 14.9 Å². The van der Waals surface area contributed by atoms with Crippen molar-refractivity contribution in [1.29, 1.82) is 0 Å². The predicted octanol–water partition coefficient (Wildman–Crippen LogP) is 2.36. The Hall–Kier alpha value is -2.11. The van der Waals surface area contributed by atoms with Gasteiger partial charge in [0.1, 0.15) is 10.7 Å². The van der Waals surface area contributed by atoms with E-state index in [4.69, 9.17) is 4.42 Å². The molecule has 0 aliphatic rings. The molecule has 1 aromatic rings. The lowest BCUT2D eigenvalue weighted by Crippen LogP contribution is -2.23. The molecule has 1 amide bonds. The Balaban J connectivity index is 2.42. The lowest BCUT2D eigenvalue weighted by Gasteiger charge is -2.04. The highest BCUT2D eigenvalue weighted by Gasteiger charge is 2.09. The van der Waals surface area contributed by atoms with Gasteiger partial charge in [0.05, 0.1) is 6.07 Å². The smallest absolute Gasteiger partial charge is 0.401 e. The first-order chi connectivity index (χ1) is 8.49. The van der Waals surface area contributed by atoms with Gasteiger partial charge in [0.15, 0.2) is 0 Å². The summed E-state index contributed by atoms with van der Waals surface area (Å²) < 4.78 is 4.87. The quantitative estimate of drug-likeness (QED) is 0.478. The standard InChI is InChI=1S/C12H16N2O4/c1-9(2)7-8-13-11(15)5-3-10-4-6-12(18-10)14(16)17/h3-6,9H,7-8H2,1-2H3,(H,13,15). The molecule has 0 aliphatic heterocycles. The molecular weight excluding hydrogens is 236 g/mol. The molecule has 0 atom stereocenters. The molecular formula is C12H16N2O4. The van der Waals surface area contributed by atoms with Crippen molar-refractivity contribution in [2.45, 2.75) is 20.3 Å². The van der Waals surface area contributed by atoms with Gasteiger partial charge < -0.3 is 9.73 Å². The highest BCUT2D eigenvalue weighted by molar-refractivity contribution is 5.91. The molecule has 0 fully saturated rings. The second-order valence-corrected chi connectivity index (χ2v) is 4.24. The normalized spacial score (nSPS) is 11.1. The Morgan fingerprint density at radius 1 is 1.56 bits per heavy atom. The van der Waals surface area contributed by atoms with Crippen LogP contribution < -0.4 is 5.32 Å². The zero-order chi connectivity index (χ0) is 13.5. The average molecular weight is 252 g/mol. The third-order valence-electron chi connectivity index (χ3n) is 2.21. The average Bonchev–Trinajstić information content (AvgIpc) is 2.74. The largest absolute Gasteiger partial charge is 0.433 e. The number of rotatable bonds is 6. The summed E-state index contributed by atoms with van der Waals surface area (Å²) >= 11 is 0. The minimum atomic E-state index is -0.625. The Labute approximate surface area is 105 Å². The molecule has 0 unspecified atom stereocenters. The van der Waals surface area contributed by atoms with Gasteiger partial charge in [-0.05, 0) is 24.5 Å². The van der Waals surface area contributed by atoms with E-state index in [1.807, 2.05) is 0 Å². The first kappa shape index (κ1) is 14.0. The molecule has 1 heterocycles. The molecule has 6 heteroatoms. The van der Waals surface area contributed by atoms with E-state index in [0.717, 1.165) is 6.42 Å². The predicted molar refractivity (Wildman–Crippen MR) is 66.9 cm³/mol. The van der Waals surface area contributed by atoms with E-state index < -0.39 is 4.92 Å². The SMILES string of the molecule is CC(C)CCNC(=O)C=Cc1ccc([N+](=O)[O-])o1. The van der Waals surface area contributed by atoms with Gasteiger partial charge in [0.2, 0.25) is 5.91 Å².